The fraction of sp³-hybridized carbons (Fsp3) is 0.154. The van der Waals surface area contributed by atoms with Crippen LogP contribution < -0.4 is 10.9 Å². The minimum Gasteiger partial charge on any atom is -0.462 e. The van der Waals surface area contributed by atoms with Crippen LogP contribution in [0.3, 0.4) is 0 Å². The fourth-order valence-corrected chi connectivity index (χ4v) is 2.08. The van der Waals surface area contributed by atoms with Crippen molar-refractivity contribution in [1.82, 2.24) is 4.68 Å². The summed E-state index contributed by atoms with van der Waals surface area (Å²) in [5.74, 6) is -1.80. The zero-order valence-corrected chi connectivity index (χ0v) is 11.6. The summed E-state index contributed by atoms with van der Waals surface area (Å²) in [6.45, 7) is 1.63. The van der Waals surface area contributed by atoms with Gasteiger partial charge in [0.15, 0.2) is 0 Å². The number of carbonyl (C=O) groups is 2. The number of nitrogens with zero attached hydrogens (tertiary/aromatic N) is 1. The lowest BCUT2D eigenvalue weighted by Crippen LogP contribution is -2.25. The third-order valence-corrected chi connectivity index (χ3v) is 2.93. The average Bonchev–Trinajstić information content (AvgIpc) is 2.41. The highest BCUT2D eigenvalue weighted by Crippen LogP contribution is 2.21. The quantitative estimate of drug-likeness (QED) is 0.688. The van der Waals surface area contributed by atoms with Crippen molar-refractivity contribution in [3.05, 3.63) is 45.0 Å². The SMILES string of the molecule is CCOC(=O)c1cn(NC=O)c2cc(Cl)cc(F)c2c1=O. The van der Waals surface area contributed by atoms with Gasteiger partial charge >= 0.3 is 5.97 Å². The molecule has 2 aromatic rings. The smallest absolute Gasteiger partial charge is 0.343 e. The predicted octanol–water partition coefficient (Wildman–Crippen LogP) is 1.67. The molecule has 2 rings (SSSR count). The van der Waals surface area contributed by atoms with Crippen molar-refractivity contribution in [2.24, 2.45) is 0 Å². The summed E-state index contributed by atoms with van der Waals surface area (Å²) in [6.07, 6.45) is 1.38. The summed E-state index contributed by atoms with van der Waals surface area (Å²) < 4.78 is 19.8. The monoisotopic (exact) mass is 312 g/mol. The lowest BCUT2D eigenvalue weighted by molar-refractivity contribution is -0.106. The summed E-state index contributed by atoms with van der Waals surface area (Å²) in [7, 11) is 0. The molecule has 8 heteroatoms. The summed E-state index contributed by atoms with van der Waals surface area (Å²) in [4.78, 5) is 34.6. The first-order valence-electron chi connectivity index (χ1n) is 5.91. The molecule has 0 saturated heterocycles. The van der Waals surface area contributed by atoms with Crippen LogP contribution >= 0.6 is 11.6 Å². The first-order valence-corrected chi connectivity index (χ1v) is 6.29. The largest absolute Gasteiger partial charge is 0.462 e. The molecule has 1 heterocycles. The number of nitrogens with one attached hydrogen (secondary N) is 1. The van der Waals surface area contributed by atoms with Crippen LogP contribution in [0.15, 0.2) is 23.1 Å². The maximum Gasteiger partial charge on any atom is 0.343 e. The second-order valence-corrected chi connectivity index (χ2v) is 4.43. The van der Waals surface area contributed by atoms with Gasteiger partial charge in [0.25, 0.3) is 0 Å². The van der Waals surface area contributed by atoms with E-state index >= 15 is 0 Å². The number of aromatic nitrogens is 1. The topological polar surface area (TPSA) is 77.4 Å². The van der Waals surface area contributed by atoms with E-state index in [1.165, 1.54) is 6.07 Å². The number of carbonyl (C=O) groups excluding carboxylic acids is 2. The third-order valence-electron chi connectivity index (χ3n) is 2.71. The molecule has 1 amide bonds. The van der Waals surface area contributed by atoms with Gasteiger partial charge in [-0.25, -0.2) is 9.18 Å². The molecule has 0 aliphatic heterocycles. The third kappa shape index (κ3) is 2.73. The zero-order chi connectivity index (χ0) is 15.6. The van der Waals surface area contributed by atoms with E-state index in [0.717, 1.165) is 16.9 Å². The number of amides is 1. The normalized spacial score (nSPS) is 10.4. The summed E-state index contributed by atoms with van der Waals surface area (Å²) in [5, 5.41) is -0.316. The molecular formula is C13H10ClFN2O4. The van der Waals surface area contributed by atoms with Gasteiger partial charge in [0.1, 0.15) is 11.4 Å². The Labute approximate surface area is 123 Å². The number of esters is 1. The zero-order valence-electron chi connectivity index (χ0n) is 10.9. The molecule has 1 N–H and O–H groups in total. The number of hydrogen-bond donors (Lipinski definition) is 1. The first-order chi connectivity index (χ1) is 9.99. The molecular weight excluding hydrogens is 303 g/mol. The summed E-state index contributed by atoms with van der Waals surface area (Å²) in [6, 6.07) is 2.25. The molecule has 0 saturated carbocycles. The second-order valence-electron chi connectivity index (χ2n) is 3.99. The van der Waals surface area contributed by atoms with Crippen LogP contribution in [-0.2, 0) is 9.53 Å². The van der Waals surface area contributed by atoms with Crippen molar-refractivity contribution in [2.75, 3.05) is 12.0 Å². The minimum atomic E-state index is -0.903. The van der Waals surface area contributed by atoms with Crippen LogP contribution in [0, 0.1) is 5.82 Å². The molecule has 1 aromatic carbocycles. The van der Waals surface area contributed by atoms with Crippen LogP contribution in [0.25, 0.3) is 10.9 Å². The van der Waals surface area contributed by atoms with Gasteiger partial charge in [0, 0.05) is 11.2 Å². The van der Waals surface area contributed by atoms with Gasteiger partial charge in [-0.05, 0) is 19.1 Å². The molecule has 0 aliphatic rings. The number of fused-ring (bicyclic) bond motifs is 1. The van der Waals surface area contributed by atoms with Crippen molar-refractivity contribution in [2.45, 2.75) is 6.92 Å². The average molecular weight is 313 g/mol. The molecule has 0 spiro atoms. The Balaban J connectivity index is 2.85. The number of benzene rings is 1. The lowest BCUT2D eigenvalue weighted by atomic mass is 10.1. The van der Waals surface area contributed by atoms with E-state index in [0.29, 0.717) is 6.41 Å². The Morgan fingerprint density at radius 1 is 1.52 bits per heavy atom. The molecule has 21 heavy (non-hydrogen) atoms. The van der Waals surface area contributed by atoms with Gasteiger partial charge in [0.2, 0.25) is 11.8 Å². The standard InChI is InChI=1S/C13H10ClFN2O4/c1-2-21-13(20)8-5-17(16-6-18)10-4-7(14)3-9(15)11(10)12(8)19/h3-6H,2H2,1H3,(H,16,18). The molecule has 0 bridgehead atoms. The van der Waals surface area contributed by atoms with E-state index < -0.39 is 17.2 Å². The highest BCUT2D eigenvalue weighted by atomic mass is 35.5. The van der Waals surface area contributed by atoms with Crippen LogP contribution in [-0.4, -0.2) is 23.7 Å². The number of hydrogen-bond acceptors (Lipinski definition) is 4. The van der Waals surface area contributed by atoms with Crippen LogP contribution in [0.4, 0.5) is 4.39 Å². The van der Waals surface area contributed by atoms with Crippen LogP contribution in [0.1, 0.15) is 17.3 Å². The Kier molecular flexibility index (Phi) is 4.23. The maximum absolute atomic E-state index is 14.0. The number of rotatable bonds is 4. The highest BCUT2D eigenvalue weighted by Gasteiger charge is 2.19. The van der Waals surface area contributed by atoms with Crippen molar-refractivity contribution >= 4 is 34.9 Å². The van der Waals surface area contributed by atoms with Gasteiger partial charge in [-0.15, -0.1) is 0 Å². The maximum atomic E-state index is 14.0. The number of ether oxygens (including phenoxy) is 1. The molecule has 6 nitrogen and oxygen atoms in total. The molecule has 0 aliphatic carbocycles. The van der Waals surface area contributed by atoms with Gasteiger partial charge in [-0.3, -0.25) is 19.7 Å². The Morgan fingerprint density at radius 3 is 2.86 bits per heavy atom. The Bertz CT molecular complexity index is 788. The number of pyridine rings is 1. The molecule has 0 atom stereocenters. The first kappa shape index (κ1) is 15.0. The van der Waals surface area contributed by atoms with Gasteiger partial charge in [0.05, 0.1) is 17.5 Å². The second kappa shape index (κ2) is 5.92. The van der Waals surface area contributed by atoms with Crippen LogP contribution in [0.5, 0.6) is 0 Å². The van der Waals surface area contributed by atoms with Gasteiger partial charge in [-0.2, -0.15) is 0 Å². The van der Waals surface area contributed by atoms with Crippen molar-refractivity contribution in [3.63, 3.8) is 0 Å². The Hall–Kier alpha value is -2.41. The van der Waals surface area contributed by atoms with E-state index in [1.807, 2.05) is 0 Å². The van der Waals surface area contributed by atoms with E-state index in [9.17, 15) is 18.8 Å². The summed E-state index contributed by atoms with van der Waals surface area (Å²) in [5.41, 5.74) is 1.05. The van der Waals surface area contributed by atoms with Crippen molar-refractivity contribution in [1.29, 1.82) is 0 Å². The predicted molar refractivity (Wildman–Crippen MR) is 74.6 cm³/mol. The Morgan fingerprint density at radius 2 is 2.24 bits per heavy atom. The van der Waals surface area contributed by atoms with Crippen molar-refractivity contribution < 1.29 is 18.7 Å². The van der Waals surface area contributed by atoms with Gasteiger partial charge < -0.3 is 4.74 Å². The van der Waals surface area contributed by atoms with E-state index in [-0.39, 0.29) is 28.1 Å². The molecule has 110 valence electrons. The highest BCUT2D eigenvalue weighted by molar-refractivity contribution is 6.31. The number of halogens is 2. The molecule has 0 unspecified atom stereocenters. The van der Waals surface area contributed by atoms with E-state index in [4.69, 9.17) is 16.3 Å². The lowest BCUT2D eigenvalue weighted by Gasteiger charge is -2.12. The molecule has 0 radical (unpaired) electrons. The van der Waals surface area contributed by atoms with E-state index in [1.54, 1.807) is 6.92 Å². The molecule has 1 aromatic heterocycles. The van der Waals surface area contributed by atoms with Crippen molar-refractivity contribution in [3.8, 4) is 0 Å². The van der Waals surface area contributed by atoms with E-state index in [2.05, 4.69) is 5.43 Å². The van der Waals surface area contributed by atoms with Crippen LogP contribution in [0.2, 0.25) is 5.02 Å². The minimum absolute atomic E-state index is 0.0325. The fourth-order valence-electron chi connectivity index (χ4n) is 1.88. The molecule has 0 fully saturated rings. The summed E-state index contributed by atoms with van der Waals surface area (Å²) >= 11 is 5.74. The van der Waals surface area contributed by atoms with Gasteiger partial charge in [-0.1, -0.05) is 11.6 Å².